The summed E-state index contributed by atoms with van der Waals surface area (Å²) >= 11 is 0. The molecule has 0 saturated carbocycles. The van der Waals surface area contributed by atoms with Crippen molar-refractivity contribution in [1.29, 1.82) is 0 Å². The van der Waals surface area contributed by atoms with Gasteiger partial charge in [0.1, 0.15) is 6.23 Å². The highest BCUT2D eigenvalue weighted by Crippen LogP contribution is 2.09. The predicted molar refractivity (Wildman–Crippen MR) is 74.9 cm³/mol. The summed E-state index contributed by atoms with van der Waals surface area (Å²) in [6.45, 7) is 9.01. The molecule has 6 nitrogen and oxygen atoms in total. The maximum absolute atomic E-state index is 11.6. The van der Waals surface area contributed by atoms with E-state index in [4.69, 9.17) is 15.6 Å². The van der Waals surface area contributed by atoms with Gasteiger partial charge in [-0.1, -0.05) is 13.8 Å². The molecule has 3 unspecified atom stereocenters. The normalized spacial score (nSPS) is 15.1. The van der Waals surface area contributed by atoms with Gasteiger partial charge in [0, 0.05) is 17.9 Å². The minimum absolute atomic E-state index is 0.184. The lowest BCUT2D eigenvalue weighted by Crippen LogP contribution is -2.39. The molecule has 0 aliphatic heterocycles. The Morgan fingerprint density at radius 2 is 2.05 bits per heavy atom. The molecule has 0 spiro atoms. The molecule has 0 amide bonds. The van der Waals surface area contributed by atoms with Crippen LogP contribution in [0.2, 0.25) is 0 Å². The Hall–Kier alpha value is -1.24. The average molecular weight is 271 g/mol. The number of aliphatic hydroxyl groups is 1. The van der Waals surface area contributed by atoms with E-state index >= 15 is 0 Å². The number of aliphatic hydroxyl groups excluding tert-OH is 1. The standard InChI is InChI=1S/C11H19N3O3.C2H6/c1-7-4-5-14(11(16)13-7)9(3)17-10(6-15)8(2)12;1-2/h4-5,8-10,15H,6,12H2,1-3H3;1-2H3. The third-order valence-electron chi connectivity index (χ3n) is 2.50. The molecule has 1 rings (SSSR count). The number of ether oxygens (including phenoxy) is 1. The fourth-order valence-electron chi connectivity index (χ4n) is 1.43. The number of hydrogen-bond acceptors (Lipinski definition) is 5. The molecule has 1 aromatic heterocycles. The van der Waals surface area contributed by atoms with Crippen LogP contribution in [0, 0.1) is 6.92 Å². The summed E-state index contributed by atoms with van der Waals surface area (Å²) in [6.07, 6.45) is 0.599. The molecular formula is C13H25N3O3. The fourth-order valence-corrected chi connectivity index (χ4v) is 1.43. The summed E-state index contributed by atoms with van der Waals surface area (Å²) < 4.78 is 6.87. The van der Waals surface area contributed by atoms with Crippen molar-refractivity contribution in [3.8, 4) is 0 Å². The van der Waals surface area contributed by atoms with Gasteiger partial charge in [0.05, 0.1) is 12.7 Å². The molecule has 0 bridgehead atoms. The van der Waals surface area contributed by atoms with E-state index in [1.54, 1.807) is 33.0 Å². The topological polar surface area (TPSA) is 90.4 Å². The lowest BCUT2D eigenvalue weighted by atomic mass is 10.2. The number of nitrogens with two attached hydrogens (primary N) is 1. The molecule has 3 N–H and O–H groups in total. The van der Waals surface area contributed by atoms with Crippen LogP contribution in [0.25, 0.3) is 0 Å². The highest BCUT2D eigenvalue weighted by molar-refractivity contribution is 4.95. The van der Waals surface area contributed by atoms with E-state index < -0.39 is 12.3 Å². The van der Waals surface area contributed by atoms with Crippen LogP contribution in [0.15, 0.2) is 17.1 Å². The van der Waals surface area contributed by atoms with Gasteiger partial charge in [0.15, 0.2) is 0 Å². The highest BCUT2D eigenvalue weighted by atomic mass is 16.5. The molecule has 0 saturated heterocycles. The second-order valence-electron chi connectivity index (χ2n) is 4.07. The van der Waals surface area contributed by atoms with Gasteiger partial charge >= 0.3 is 5.69 Å². The molecule has 6 heteroatoms. The van der Waals surface area contributed by atoms with Crippen LogP contribution in [0.5, 0.6) is 0 Å². The highest BCUT2D eigenvalue weighted by Gasteiger charge is 2.18. The molecule has 19 heavy (non-hydrogen) atoms. The summed E-state index contributed by atoms with van der Waals surface area (Å²) in [5, 5.41) is 9.10. The van der Waals surface area contributed by atoms with Gasteiger partial charge in [0.2, 0.25) is 0 Å². The third-order valence-corrected chi connectivity index (χ3v) is 2.50. The van der Waals surface area contributed by atoms with Gasteiger partial charge in [-0.25, -0.2) is 4.79 Å². The van der Waals surface area contributed by atoms with Gasteiger partial charge in [0.25, 0.3) is 0 Å². The minimum atomic E-state index is -0.515. The van der Waals surface area contributed by atoms with E-state index in [1.165, 1.54) is 4.57 Å². The van der Waals surface area contributed by atoms with Crippen molar-refractivity contribution in [2.75, 3.05) is 6.61 Å². The van der Waals surface area contributed by atoms with Crippen molar-refractivity contribution in [3.05, 3.63) is 28.4 Å². The van der Waals surface area contributed by atoms with Crippen molar-refractivity contribution in [2.45, 2.75) is 53.0 Å². The van der Waals surface area contributed by atoms with Crippen LogP contribution in [0.3, 0.4) is 0 Å². The zero-order valence-corrected chi connectivity index (χ0v) is 12.3. The molecule has 0 aliphatic rings. The fraction of sp³-hybridized carbons (Fsp3) is 0.692. The monoisotopic (exact) mass is 271 g/mol. The second kappa shape index (κ2) is 8.79. The first-order valence-corrected chi connectivity index (χ1v) is 6.53. The van der Waals surface area contributed by atoms with E-state index in [0.717, 1.165) is 0 Å². The lowest BCUT2D eigenvalue weighted by Gasteiger charge is -2.24. The Kier molecular flexibility index (Phi) is 8.22. The third kappa shape index (κ3) is 5.50. The number of aryl methyl sites for hydroxylation is 1. The predicted octanol–water partition coefficient (Wildman–Crippen LogP) is 0.821. The van der Waals surface area contributed by atoms with Gasteiger partial charge in [-0.05, 0) is 26.8 Å². The summed E-state index contributed by atoms with van der Waals surface area (Å²) in [7, 11) is 0. The van der Waals surface area contributed by atoms with Crippen molar-refractivity contribution in [3.63, 3.8) is 0 Å². The number of nitrogens with zero attached hydrogens (tertiary/aromatic N) is 2. The Morgan fingerprint density at radius 3 is 2.47 bits per heavy atom. The SMILES string of the molecule is CC.Cc1ccn(C(C)OC(CO)C(C)N)c(=O)n1. The zero-order chi connectivity index (χ0) is 15.0. The molecule has 1 aromatic rings. The van der Waals surface area contributed by atoms with Crippen LogP contribution >= 0.6 is 0 Å². The number of rotatable bonds is 5. The van der Waals surface area contributed by atoms with E-state index in [1.807, 2.05) is 13.8 Å². The van der Waals surface area contributed by atoms with E-state index in [2.05, 4.69) is 4.98 Å². The van der Waals surface area contributed by atoms with Crippen molar-refractivity contribution in [2.24, 2.45) is 5.73 Å². The molecular weight excluding hydrogens is 246 g/mol. The average Bonchev–Trinajstić information content (AvgIpc) is 2.37. The van der Waals surface area contributed by atoms with Gasteiger partial charge < -0.3 is 15.6 Å². The van der Waals surface area contributed by atoms with Crippen LogP contribution < -0.4 is 11.4 Å². The van der Waals surface area contributed by atoms with Crippen LogP contribution in [0.1, 0.15) is 39.6 Å². The molecule has 0 aromatic carbocycles. The second-order valence-corrected chi connectivity index (χ2v) is 4.07. The van der Waals surface area contributed by atoms with E-state index in [9.17, 15) is 4.79 Å². The van der Waals surface area contributed by atoms with E-state index in [-0.39, 0.29) is 18.3 Å². The molecule has 110 valence electrons. The van der Waals surface area contributed by atoms with E-state index in [0.29, 0.717) is 5.69 Å². The van der Waals surface area contributed by atoms with Crippen molar-refractivity contribution < 1.29 is 9.84 Å². The minimum Gasteiger partial charge on any atom is -0.394 e. The summed E-state index contributed by atoms with van der Waals surface area (Å²) in [5.74, 6) is 0. The summed E-state index contributed by atoms with van der Waals surface area (Å²) in [6, 6.07) is 1.41. The smallest absolute Gasteiger partial charge is 0.349 e. The Balaban J connectivity index is 0.00000154. The summed E-state index contributed by atoms with van der Waals surface area (Å²) in [5.41, 5.74) is 5.93. The molecule has 1 heterocycles. The quantitative estimate of drug-likeness (QED) is 0.827. The summed E-state index contributed by atoms with van der Waals surface area (Å²) in [4.78, 5) is 15.4. The van der Waals surface area contributed by atoms with Gasteiger partial charge in [-0.2, -0.15) is 4.98 Å². The maximum atomic E-state index is 11.6. The molecule has 0 aliphatic carbocycles. The molecule has 0 fully saturated rings. The molecule has 3 atom stereocenters. The Labute approximate surface area is 114 Å². The largest absolute Gasteiger partial charge is 0.394 e. The Morgan fingerprint density at radius 1 is 1.47 bits per heavy atom. The number of hydrogen-bond donors (Lipinski definition) is 2. The van der Waals surface area contributed by atoms with Gasteiger partial charge in [-0.3, -0.25) is 4.57 Å². The van der Waals surface area contributed by atoms with Gasteiger partial charge in [-0.15, -0.1) is 0 Å². The van der Waals surface area contributed by atoms with Crippen LogP contribution in [-0.4, -0.2) is 33.4 Å². The van der Waals surface area contributed by atoms with Crippen molar-refractivity contribution >= 4 is 0 Å². The number of aromatic nitrogens is 2. The van der Waals surface area contributed by atoms with Crippen LogP contribution in [-0.2, 0) is 4.74 Å². The van der Waals surface area contributed by atoms with Crippen LogP contribution in [0.4, 0.5) is 0 Å². The van der Waals surface area contributed by atoms with Crippen molar-refractivity contribution in [1.82, 2.24) is 9.55 Å². The first kappa shape index (κ1) is 17.8. The first-order chi connectivity index (χ1) is 8.95. The Bertz CT molecular complexity index is 418. The zero-order valence-electron chi connectivity index (χ0n) is 12.3. The maximum Gasteiger partial charge on any atom is 0.349 e. The lowest BCUT2D eigenvalue weighted by molar-refractivity contribution is -0.0752. The first-order valence-electron chi connectivity index (χ1n) is 6.53. The molecule has 0 radical (unpaired) electrons.